The number of benzene rings is 1. The number of aliphatic hydroxyl groups excluding tert-OH is 1. The number of sulfonamides is 1. The zero-order valence-corrected chi connectivity index (χ0v) is 12.2. The van der Waals surface area contributed by atoms with E-state index in [1.54, 1.807) is 12.1 Å². The largest absolute Gasteiger partial charge is 0.396 e. The van der Waals surface area contributed by atoms with E-state index >= 15 is 0 Å². The summed E-state index contributed by atoms with van der Waals surface area (Å²) in [5.41, 5.74) is 1.83. The highest BCUT2D eigenvalue weighted by Gasteiger charge is 2.09. The van der Waals surface area contributed by atoms with E-state index in [4.69, 9.17) is 5.11 Å². The Morgan fingerprint density at radius 1 is 1.11 bits per heavy atom. The van der Waals surface area contributed by atoms with Gasteiger partial charge in [0.15, 0.2) is 0 Å². The van der Waals surface area contributed by atoms with Gasteiger partial charge in [0.2, 0.25) is 10.0 Å². The summed E-state index contributed by atoms with van der Waals surface area (Å²) < 4.78 is 26.0. The molecule has 0 spiro atoms. The van der Waals surface area contributed by atoms with Crippen molar-refractivity contribution in [2.24, 2.45) is 0 Å². The Bertz CT molecular complexity index is 454. The normalized spacial score (nSPS) is 11.5. The number of rotatable bonds is 9. The number of aliphatic hydroxyl groups is 1. The van der Waals surface area contributed by atoms with Crippen molar-refractivity contribution < 1.29 is 13.5 Å². The molecule has 0 radical (unpaired) electrons. The Kier molecular flexibility index (Phi) is 6.87. The predicted octanol–water partition coefficient (Wildman–Crippen LogP) is 2.54. The van der Waals surface area contributed by atoms with E-state index in [2.05, 4.69) is 11.6 Å². The second-order valence-corrected chi connectivity index (χ2v) is 6.49. The molecule has 0 unspecified atom stereocenters. The van der Waals surface area contributed by atoms with Gasteiger partial charge in [0.25, 0.3) is 0 Å². The molecule has 0 atom stereocenters. The van der Waals surface area contributed by atoms with Gasteiger partial charge in [0, 0.05) is 12.3 Å². The van der Waals surface area contributed by atoms with Crippen LogP contribution in [0.25, 0.3) is 0 Å². The second-order valence-electron chi connectivity index (χ2n) is 4.65. The lowest BCUT2D eigenvalue weighted by molar-refractivity contribution is 0.287. The molecule has 0 saturated heterocycles. The van der Waals surface area contributed by atoms with Crippen LogP contribution < -0.4 is 4.72 Å². The lowest BCUT2D eigenvalue weighted by atomic mass is 10.1. The van der Waals surface area contributed by atoms with Crippen LogP contribution in [0.15, 0.2) is 24.3 Å². The number of hydrogen-bond donors (Lipinski definition) is 2. The third-order valence-corrected chi connectivity index (χ3v) is 4.24. The maximum atomic E-state index is 11.7. The van der Waals surface area contributed by atoms with E-state index in [9.17, 15) is 8.42 Å². The van der Waals surface area contributed by atoms with Gasteiger partial charge >= 0.3 is 0 Å². The third-order valence-electron chi connectivity index (χ3n) is 2.87. The van der Waals surface area contributed by atoms with Crippen molar-refractivity contribution in [3.8, 4) is 0 Å². The zero-order valence-electron chi connectivity index (χ0n) is 11.4. The smallest absolute Gasteiger partial charge is 0.232 e. The molecule has 0 heterocycles. The summed E-state index contributed by atoms with van der Waals surface area (Å²) >= 11 is 0. The van der Waals surface area contributed by atoms with Gasteiger partial charge < -0.3 is 5.11 Å². The molecular weight excluding hydrogens is 262 g/mol. The molecule has 0 aliphatic carbocycles. The van der Waals surface area contributed by atoms with E-state index in [-0.39, 0.29) is 12.4 Å². The van der Waals surface area contributed by atoms with Gasteiger partial charge in [-0.1, -0.05) is 25.5 Å². The molecule has 2 N–H and O–H groups in total. The Labute approximate surface area is 115 Å². The molecule has 1 aromatic carbocycles. The van der Waals surface area contributed by atoms with Crippen LogP contribution in [0.2, 0.25) is 0 Å². The molecule has 5 heteroatoms. The number of nitrogens with one attached hydrogen (secondary N) is 1. The van der Waals surface area contributed by atoms with Gasteiger partial charge in [-0.05, 0) is 43.4 Å². The lowest BCUT2D eigenvalue weighted by Gasteiger charge is -2.08. The second kappa shape index (κ2) is 8.17. The minimum absolute atomic E-state index is 0.0294. The summed E-state index contributed by atoms with van der Waals surface area (Å²) in [5.74, 6) is 0.0468. The molecule has 0 aliphatic heterocycles. The van der Waals surface area contributed by atoms with Crippen LogP contribution in [-0.2, 0) is 16.4 Å². The summed E-state index contributed by atoms with van der Waals surface area (Å²) in [6.45, 7) is 2.18. The van der Waals surface area contributed by atoms with Crippen LogP contribution in [0.4, 0.5) is 5.69 Å². The Balaban J connectivity index is 2.52. The number of aryl methyl sites for hydroxylation is 1. The molecule has 1 rings (SSSR count). The molecule has 1 aromatic rings. The summed E-state index contributed by atoms with van der Waals surface area (Å²) in [6, 6.07) is 7.52. The fourth-order valence-electron chi connectivity index (χ4n) is 1.75. The Morgan fingerprint density at radius 3 is 2.37 bits per heavy atom. The highest BCUT2D eigenvalue weighted by molar-refractivity contribution is 7.92. The first-order chi connectivity index (χ1) is 9.07. The fraction of sp³-hybridized carbons (Fsp3) is 0.571. The highest BCUT2D eigenvalue weighted by atomic mass is 32.2. The average molecular weight is 285 g/mol. The van der Waals surface area contributed by atoms with Crippen LogP contribution >= 0.6 is 0 Å². The van der Waals surface area contributed by atoms with E-state index in [1.165, 1.54) is 5.56 Å². The van der Waals surface area contributed by atoms with Crippen LogP contribution in [0, 0.1) is 0 Å². The first-order valence-electron chi connectivity index (χ1n) is 6.77. The van der Waals surface area contributed by atoms with Crippen molar-refractivity contribution in [3.05, 3.63) is 29.8 Å². The van der Waals surface area contributed by atoms with Gasteiger partial charge in [-0.25, -0.2) is 8.42 Å². The summed E-state index contributed by atoms with van der Waals surface area (Å²) in [5, 5.41) is 8.64. The maximum Gasteiger partial charge on any atom is 0.232 e. The minimum atomic E-state index is -3.30. The number of hydrogen-bond acceptors (Lipinski definition) is 3. The number of anilines is 1. The molecule has 19 heavy (non-hydrogen) atoms. The maximum absolute atomic E-state index is 11.7. The van der Waals surface area contributed by atoms with Crippen molar-refractivity contribution in [2.45, 2.75) is 39.0 Å². The van der Waals surface area contributed by atoms with Gasteiger partial charge in [-0.2, -0.15) is 0 Å². The van der Waals surface area contributed by atoms with Gasteiger partial charge in [0.1, 0.15) is 0 Å². The first-order valence-corrected chi connectivity index (χ1v) is 8.43. The molecule has 0 amide bonds. The molecule has 0 aliphatic rings. The molecule has 0 bridgehead atoms. The SMILES string of the molecule is CCCCc1ccc(NS(=O)(=O)CCCCO)cc1. The molecule has 0 saturated carbocycles. The molecule has 108 valence electrons. The topological polar surface area (TPSA) is 66.4 Å². The zero-order chi connectivity index (χ0) is 14.1. The van der Waals surface area contributed by atoms with Crippen molar-refractivity contribution in [3.63, 3.8) is 0 Å². The Morgan fingerprint density at radius 2 is 1.79 bits per heavy atom. The minimum Gasteiger partial charge on any atom is -0.396 e. The molecule has 4 nitrogen and oxygen atoms in total. The average Bonchev–Trinajstić information content (AvgIpc) is 2.38. The van der Waals surface area contributed by atoms with Crippen LogP contribution in [0.3, 0.4) is 0 Å². The summed E-state index contributed by atoms with van der Waals surface area (Å²) in [6.07, 6.45) is 4.31. The quantitative estimate of drug-likeness (QED) is 0.685. The van der Waals surface area contributed by atoms with Crippen LogP contribution in [-0.4, -0.2) is 25.9 Å². The molecular formula is C14H23NO3S. The van der Waals surface area contributed by atoms with Gasteiger partial charge in [-0.3, -0.25) is 4.72 Å². The van der Waals surface area contributed by atoms with Crippen molar-refractivity contribution >= 4 is 15.7 Å². The molecule has 0 aromatic heterocycles. The third kappa shape index (κ3) is 6.59. The van der Waals surface area contributed by atoms with Crippen LogP contribution in [0.1, 0.15) is 38.2 Å². The van der Waals surface area contributed by atoms with Gasteiger partial charge in [-0.15, -0.1) is 0 Å². The van der Waals surface area contributed by atoms with E-state index in [1.807, 2.05) is 12.1 Å². The number of unbranched alkanes of at least 4 members (excludes halogenated alkanes) is 2. The predicted molar refractivity (Wildman–Crippen MR) is 78.8 cm³/mol. The van der Waals surface area contributed by atoms with E-state index in [0.29, 0.717) is 18.5 Å². The fourth-order valence-corrected chi connectivity index (χ4v) is 2.94. The Hall–Kier alpha value is -1.07. The standard InChI is InChI=1S/C14H23NO3S/c1-2-3-6-13-7-9-14(10-8-13)15-19(17,18)12-5-4-11-16/h7-10,15-16H,2-6,11-12H2,1H3. The van der Waals surface area contributed by atoms with Crippen LogP contribution in [0.5, 0.6) is 0 Å². The van der Waals surface area contributed by atoms with Gasteiger partial charge in [0.05, 0.1) is 5.75 Å². The highest BCUT2D eigenvalue weighted by Crippen LogP contribution is 2.13. The summed E-state index contributed by atoms with van der Waals surface area (Å²) in [4.78, 5) is 0. The monoisotopic (exact) mass is 285 g/mol. The van der Waals surface area contributed by atoms with E-state index in [0.717, 1.165) is 19.3 Å². The van der Waals surface area contributed by atoms with Crippen molar-refractivity contribution in [1.29, 1.82) is 0 Å². The first kappa shape index (κ1) is 16.0. The van der Waals surface area contributed by atoms with Crippen molar-refractivity contribution in [2.75, 3.05) is 17.1 Å². The lowest BCUT2D eigenvalue weighted by Crippen LogP contribution is -2.16. The molecule has 0 fully saturated rings. The van der Waals surface area contributed by atoms with Crippen molar-refractivity contribution in [1.82, 2.24) is 0 Å². The van der Waals surface area contributed by atoms with E-state index < -0.39 is 10.0 Å². The summed E-state index contributed by atoms with van der Waals surface area (Å²) in [7, 11) is -3.30.